The molecular formula is C17H13F3N2O4. The number of aromatic nitrogens is 1. The van der Waals surface area contributed by atoms with Crippen LogP contribution in [0.15, 0.2) is 51.7 Å². The second-order valence-corrected chi connectivity index (χ2v) is 5.38. The van der Waals surface area contributed by atoms with E-state index in [2.05, 4.69) is 10.1 Å². The fraction of sp³-hybridized carbons (Fsp3) is 0.176. The molecule has 2 aromatic carbocycles. The SMILES string of the molecule is CNC(=O)Cn1c(=O)oc2ccc(-c3ccc(OC(F)(F)F)cc3)cc21. The summed E-state index contributed by atoms with van der Waals surface area (Å²) in [6.07, 6.45) is -4.76. The Hall–Kier alpha value is -3.23. The van der Waals surface area contributed by atoms with E-state index in [1.807, 2.05) is 0 Å². The first-order chi connectivity index (χ1) is 12.3. The largest absolute Gasteiger partial charge is 0.573 e. The molecule has 1 N–H and O–H groups in total. The minimum Gasteiger partial charge on any atom is -0.408 e. The molecule has 0 aliphatic rings. The van der Waals surface area contributed by atoms with Crippen molar-refractivity contribution in [3.63, 3.8) is 0 Å². The second-order valence-electron chi connectivity index (χ2n) is 5.38. The Morgan fingerprint density at radius 2 is 1.81 bits per heavy atom. The molecule has 6 nitrogen and oxygen atoms in total. The second kappa shape index (κ2) is 6.58. The number of oxazole rings is 1. The number of alkyl halides is 3. The maximum atomic E-state index is 12.2. The van der Waals surface area contributed by atoms with Crippen LogP contribution in [0.25, 0.3) is 22.2 Å². The zero-order valence-corrected chi connectivity index (χ0v) is 13.5. The monoisotopic (exact) mass is 366 g/mol. The van der Waals surface area contributed by atoms with Gasteiger partial charge in [-0.05, 0) is 35.4 Å². The third kappa shape index (κ3) is 3.71. The molecule has 0 bridgehead atoms. The summed E-state index contributed by atoms with van der Waals surface area (Å²) < 4.78 is 46.8. The van der Waals surface area contributed by atoms with E-state index in [1.54, 1.807) is 18.2 Å². The number of nitrogens with one attached hydrogen (secondary N) is 1. The van der Waals surface area contributed by atoms with Gasteiger partial charge in [0.15, 0.2) is 5.58 Å². The first-order valence-corrected chi connectivity index (χ1v) is 7.47. The summed E-state index contributed by atoms with van der Waals surface area (Å²) in [6, 6.07) is 10.2. The zero-order valence-electron chi connectivity index (χ0n) is 13.5. The van der Waals surface area contributed by atoms with Gasteiger partial charge < -0.3 is 14.5 Å². The van der Waals surface area contributed by atoms with Crippen LogP contribution in [0.1, 0.15) is 0 Å². The molecular weight excluding hydrogens is 353 g/mol. The Morgan fingerprint density at radius 3 is 2.42 bits per heavy atom. The number of likely N-dealkylation sites (N-methyl/N-ethyl adjacent to an activating group) is 1. The number of ether oxygens (including phenoxy) is 1. The molecule has 0 spiro atoms. The Kier molecular flexibility index (Phi) is 4.45. The third-order valence-corrected chi connectivity index (χ3v) is 3.67. The highest BCUT2D eigenvalue weighted by Gasteiger charge is 2.30. The van der Waals surface area contributed by atoms with Crippen LogP contribution in [0.3, 0.4) is 0 Å². The summed E-state index contributed by atoms with van der Waals surface area (Å²) in [5.41, 5.74) is 1.97. The lowest BCUT2D eigenvalue weighted by molar-refractivity contribution is -0.274. The molecule has 9 heteroatoms. The molecule has 3 rings (SSSR count). The van der Waals surface area contributed by atoms with E-state index in [0.29, 0.717) is 22.2 Å². The van der Waals surface area contributed by atoms with Crippen molar-refractivity contribution in [3.05, 3.63) is 53.0 Å². The lowest BCUT2D eigenvalue weighted by atomic mass is 10.1. The number of hydrogen-bond donors (Lipinski definition) is 1. The van der Waals surface area contributed by atoms with Gasteiger partial charge in [-0.15, -0.1) is 13.2 Å². The maximum Gasteiger partial charge on any atom is 0.573 e. The third-order valence-electron chi connectivity index (χ3n) is 3.67. The van der Waals surface area contributed by atoms with Crippen molar-refractivity contribution in [1.29, 1.82) is 0 Å². The van der Waals surface area contributed by atoms with E-state index >= 15 is 0 Å². The van der Waals surface area contributed by atoms with Gasteiger partial charge in [-0.3, -0.25) is 9.36 Å². The number of nitrogens with zero attached hydrogens (tertiary/aromatic N) is 1. The number of carbonyl (C=O) groups is 1. The lowest BCUT2D eigenvalue weighted by Crippen LogP contribution is -2.27. The van der Waals surface area contributed by atoms with Gasteiger partial charge in [0, 0.05) is 7.05 Å². The quantitative estimate of drug-likeness (QED) is 0.771. The van der Waals surface area contributed by atoms with Gasteiger partial charge in [-0.25, -0.2) is 4.79 Å². The van der Waals surface area contributed by atoms with Crippen molar-refractivity contribution < 1.29 is 27.1 Å². The van der Waals surface area contributed by atoms with E-state index in [9.17, 15) is 22.8 Å². The summed E-state index contributed by atoms with van der Waals surface area (Å²) >= 11 is 0. The molecule has 0 atom stereocenters. The van der Waals surface area contributed by atoms with Crippen molar-refractivity contribution in [3.8, 4) is 16.9 Å². The molecule has 26 heavy (non-hydrogen) atoms. The average molecular weight is 366 g/mol. The molecule has 136 valence electrons. The topological polar surface area (TPSA) is 73.5 Å². The predicted molar refractivity (Wildman–Crippen MR) is 86.7 cm³/mol. The average Bonchev–Trinajstić information content (AvgIpc) is 2.89. The van der Waals surface area contributed by atoms with Crippen molar-refractivity contribution >= 4 is 17.0 Å². The lowest BCUT2D eigenvalue weighted by Gasteiger charge is -2.09. The fourth-order valence-electron chi connectivity index (χ4n) is 2.46. The smallest absolute Gasteiger partial charge is 0.408 e. The highest BCUT2D eigenvalue weighted by Crippen LogP contribution is 2.28. The Bertz CT molecular complexity index is 1000. The molecule has 0 aliphatic carbocycles. The number of benzene rings is 2. The van der Waals surface area contributed by atoms with Crippen LogP contribution in [0.4, 0.5) is 13.2 Å². The molecule has 0 fully saturated rings. The van der Waals surface area contributed by atoms with E-state index in [0.717, 1.165) is 0 Å². The van der Waals surface area contributed by atoms with E-state index in [1.165, 1.54) is 35.9 Å². The van der Waals surface area contributed by atoms with Gasteiger partial charge in [0.2, 0.25) is 5.91 Å². The van der Waals surface area contributed by atoms with Gasteiger partial charge in [-0.2, -0.15) is 0 Å². The molecule has 0 saturated heterocycles. The molecule has 0 unspecified atom stereocenters. The molecule has 0 saturated carbocycles. The van der Waals surface area contributed by atoms with Crippen molar-refractivity contribution in [1.82, 2.24) is 9.88 Å². The first kappa shape index (κ1) is 17.6. The number of fused-ring (bicyclic) bond motifs is 1. The number of carbonyl (C=O) groups excluding carboxylic acids is 1. The highest BCUT2D eigenvalue weighted by atomic mass is 19.4. The molecule has 0 aliphatic heterocycles. The van der Waals surface area contributed by atoms with E-state index in [4.69, 9.17) is 4.42 Å². The summed E-state index contributed by atoms with van der Waals surface area (Å²) in [5.74, 6) is -1.37. The Labute approximate surface area is 144 Å². The molecule has 1 heterocycles. The van der Waals surface area contributed by atoms with E-state index < -0.39 is 12.1 Å². The Balaban J connectivity index is 1.97. The Morgan fingerprint density at radius 1 is 1.15 bits per heavy atom. The van der Waals surface area contributed by atoms with Gasteiger partial charge in [0.25, 0.3) is 0 Å². The molecule has 0 radical (unpaired) electrons. The van der Waals surface area contributed by atoms with Crippen LogP contribution in [0, 0.1) is 0 Å². The molecule has 3 aromatic rings. The molecule has 1 aromatic heterocycles. The maximum absolute atomic E-state index is 12.2. The van der Waals surface area contributed by atoms with Crippen LogP contribution < -0.4 is 15.8 Å². The number of amides is 1. The highest BCUT2D eigenvalue weighted by molar-refractivity contribution is 5.83. The van der Waals surface area contributed by atoms with Crippen molar-refractivity contribution in [2.75, 3.05) is 7.05 Å². The fourth-order valence-corrected chi connectivity index (χ4v) is 2.46. The summed E-state index contributed by atoms with van der Waals surface area (Å²) in [5, 5.41) is 2.42. The van der Waals surface area contributed by atoms with Crippen LogP contribution in [0.5, 0.6) is 5.75 Å². The number of rotatable bonds is 4. The zero-order chi connectivity index (χ0) is 18.9. The van der Waals surface area contributed by atoms with Crippen LogP contribution in [-0.2, 0) is 11.3 Å². The van der Waals surface area contributed by atoms with Crippen molar-refractivity contribution in [2.45, 2.75) is 12.9 Å². The summed E-state index contributed by atoms with van der Waals surface area (Å²) in [6.45, 7) is -0.204. The van der Waals surface area contributed by atoms with Gasteiger partial charge in [0.1, 0.15) is 12.3 Å². The minimum absolute atomic E-state index is 0.204. The van der Waals surface area contributed by atoms with Crippen LogP contribution >= 0.6 is 0 Å². The number of halogens is 3. The minimum atomic E-state index is -4.76. The first-order valence-electron chi connectivity index (χ1n) is 7.47. The van der Waals surface area contributed by atoms with Gasteiger partial charge in [-0.1, -0.05) is 18.2 Å². The number of hydrogen-bond acceptors (Lipinski definition) is 4. The predicted octanol–water partition coefficient (Wildman–Crippen LogP) is 2.91. The summed E-state index contributed by atoms with van der Waals surface area (Å²) in [7, 11) is 1.45. The summed E-state index contributed by atoms with van der Waals surface area (Å²) in [4.78, 5) is 23.5. The van der Waals surface area contributed by atoms with Crippen LogP contribution in [-0.4, -0.2) is 23.9 Å². The van der Waals surface area contributed by atoms with Crippen molar-refractivity contribution in [2.24, 2.45) is 0 Å². The molecule has 1 amide bonds. The van der Waals surface area contributed by atoms with Crippen LogP contribution in [0.2, 0.25) is 0 Å². The van der Waals surface area contributed by atoms with E-state index in [-0.39, 0.29) is 18.2 Å². The van der Waals surface area contributed by atoms with Gasteiger partial charge in [0.05, 0.1) is 5.52 Å². The standard InChI is InChI=1S/C17H13F3N2O4/c1-21-15(23)9-22-13-8-11(4-7-14(13)25-16(22)24)10-2-5-12(6-3-10)26-17(18,19)20/h2-8H,9H2,1H3,(H,21,23). The normalized spacial score (nSPS) is 11.5. The van der Waals surface area contributed by atoms with Gasteiger partial charge >= 0.3 is 12.1 Å².